The van der Waals surface area contributed by atoms with E-state index in [2.05, 4.69) is 20.0 Å². The molecule has 0 heterocycles. The van der Waals surface area contributed by atoms with Gasteiger partial charge in [0.2, 0.25) is 24.3 Å². The highest BCUT2D eigenvalue weighted by atomic mass is 16.2. The van der Waals surface area contributed by atoms with Crippen LogP contribution in [-0.4, -0.2) is 43.4 Å². The number of urea groups is 1. The first-order chi connectivity index (χ1) is 9.72. The summed E-state index contributed by atoms with van der Waals surface area (Å²) in [7, 11) is 0. The first-order valence-electron chi connectivity index (χ1n) is 5.49. The Bertz CT molecular complexity index is 423. The van der Waals surface area contributed by atoms with Crippen molar-refractivity contribution in [2.24, 2.45) is 20.0 Å². The van der Waals surface area contributed by atoms with Crippen LogP contribution >= 0.6 is 0 Å². The van der Waals surface area contributed by atoms with E-state index in [9.17, 15) is 24.0 Å². The van der Waals surface area contributed by atoms with Crippen LogP contribution in [0.2, 0.25) is 0 Å². The molecule has 0 bridgehead atoms. The Morgan fingerprint density at radius 1 is 0.650 bits per heavy atom. The van der Waals surface area contributed by atoms with E-state index in [0.29, 0.717) is 13.1 Å². The molecule has 0 aromatic heterocycles. The van der Waals surface area contributed by atoms with Crippen LogP contribution in [0.3, 0.4) is 0 Å². The fourth-order valence-corrected chi connectivity index (χ4v) is 0.930. The molecule has 0 aromatic rings. The molecule has 0 saturated heterocycles. The minimum Gasteiger partial charge on any atom is -0.242 e. The van der Waals surface area contributed by atoms with Crippen molar-refractivity contribution in [3.63, 3.8) is 0 Å². The van der Waals surface area contributed by atoms with Gasteiger partial charge in [0.15, 0.2) is 0 Å². The molecule has 0 spiro atoms. The summed E-state index contributed by atoms with van der Waals surface area (Å²) in [5, 5.41) is 0. The molecule has 2 amide bonds. The van der Waals surface area contributed by atoms with Crippen LogP contribution in [0.1, 0.15) is 25.7 Å². The summed E-state index contributed by atoms with van der Waals surface area (Å²) in [6.45, 7) is 1.11. The molecule has 20 heavy (non-hydrogen) atoms. The topological polar surface area (TPSA) is 135 Å². The van der Waals surface area contributed by atoms with E-state index in [1.165, 1.54) is 12.2 Å². The van der Waals surface area contributed by atoms with Crippen LogP contribution in [-0.2, 0) is 19.2 Å². The summed E-state index contributed by atoms with van der Waals surface area (Å²) in [6, 6.07) is -1.19. The number of rotatable bonds is 7. The highest BCUT2D eigenvalue weighted by Gasteiger charge is 1.88. The Balaban J connectivity index is 0. The monoisotopic (exact) mass is 280 g/mol. The Morgan fingerprint density at radius 3 is 1.35 bits per heavy atom. The Hall–Kier alpha value is -2.81. The van der Waals surface area contributed by atoms with E-state index in [1.807, 2.05) is 0 Å². The maximum absolute atomic E-state index is 9.78. The maximum Gasteiger partial charge on any atom is 0.388 e. The number of nitrogens with zero attached hydrogens (tertiary/aromatic N) is 4. The van der Waals surface area contributed by atoms with Gasteiger partial charge in [-0.1, -0.05) is 12.8 Å². The molecule has 0 radical (unpaired) electrons. The third-order valence-corrected chi connectivity index (χ3v) is 1.70. The van der Waals surface area contributed by atoms with Gasteiger partial charge in [0, 0.05) is 0 Å². The van der Waals surface area contributed by atoms with Gasteiger partial charge >= 0.3 is 6.03 Å². The molecule has 0 rings (SSSR count). The number of hydrogen-bond acceptors (Lipinski definition) is 7. The van der Waals surface area contributed by atoms with Crippen LogP contribution in [0.15, 0.2) is 20.0 Å². The smallest absolute Gasteiger partial charge is 0.242 e. The van der Waals surface area contributed by atoms with E-state index >= 15 is 0 Å². The first kappa shape index (κ1) is 19.5. The number of aliphatic imine (C=N–C) groups is 4. The van der Waals surface area contributed by atoms with E-state index < -0.39 is 6.03 Å². The lowest BCUT2D eigenvalue weighted by atomic mass is 10.2. The molecule has 0 aromatic carbocycles. The second kappa shape index (κ2) is 18.6. The molecule has 0 atom stereocenters. The van der Waals surface area contributed by atoms with E-state index in [-0.39, 0.29) is 0 Å². The Morgan fingerprint density at radius 2 is 1.05 bits per heavy atom. The SMILES string of the molecule is O=C=NC(=O)N=C=O.O=C=NCCCCCCN=C=O. The van der Waals surface area contributed by atoms with Crippen molar-refractivity contribution in [2.75, 3.05) is 13.1 Å². The predicted octanol–water partition coefficient (Wildman–Crippen LogP) is 0.996. The van der Waals surface area contributed by atoms with Gasteiger partial charge in [-0.25, -0.2) is 34.0 Å². The number of hydrogen-bond donors (Lipinski definition) is 0. The Labute approximate surface area is 114 Å². The number of amides is 2. The summed E-state index contributed by atoms with van der Waals surface area (Å²) >= 11 is 0. The van der Waals surface area contributed by atoms with Gasteiger partial charge in [0.05, 0.1) is 13.1 Å². The van der Waals surface area contributed by atoms with Gasteiger partial charge < -0.3 is 0 Å². The molecule has 0 saturated carbocycles. The highest BCUT2D eigenvalue weighted by Crippen LogP contribution is 1.99. The van der Waals surface area contributed by atoms with Crippen molar-refractivity contribution in [1.82, 2.24) is 0 Å². The zero-order valence-electron chi connectivity index (χ0n) is 10.6. The maximum atomic E-state index is 9.78. The van der Waals surface area contributed by atoms with Crippen molar-refractivity contribution in [1.29, 1.82) is 0 Å². The molecular weight excluding hydrogens is 268 g/mol. The molecule has 0 aliphatic carbocycles. The van der Waals surface area contributed by atoms with Gasteiger partial charge in [-0.15, -0.1) is 9.98 Å². The Kier molecular flexibility index (Phi) is 18.1. The molecule has 0 fully saturated rings. The zero-order valence-corrected chi connectivity index (χ0v) is 10.6. The first-order valence-corrected chi connectivity index (χ1v) is 5.49. The van der Waals surface area contributed by atoms with Gasteiger partial charge in [-0.05, 0) is 12.8 Å². The third-order valence-electron chi connectivity index (χ3n) is 1.70. The molecule has 0 aliphatic heterocycles. The summed E-state index contributed by atoms with van der Waals surface area (Å²) in [4.78, 5) is 59.1. The van der Waals surface area contributed by atoms with Gasteiger partial charge in [0.25, 0.3) is 0 Å². The predicted molar refractivity (Wildman–Crippen MR) is 66.1 cm³/mol. The summed E-state index contributed by atoms with van der Waals surface area (Å²) < 4.78 is 0. The summed E-state index contributed by atoms with van der Waals surface area (Å²) in [6.07, 6.45) is 8.61. The average Bonchev–Trinajstić information content (AvgIpc) is 2.43. The van der Waals surface area contributed by atoms with E-state index in [4.69, 9.17) is 0 Å². The van der Waals surface area contributed by atoms with Crippen LogP contribution in [0, 0.1) is 0 Å². The molecule has 0 aliphatic rings. The largest absolute Gasteiger partial charge is 0.388 e. The van der Waals surface area contributed by atoms with Crippen LogP contribution in [0.4, 0.5) is 4.79 Å². The van der Waals surface area contributed by atoms with Crippen molar-refractivity contribution < 1.29 is 24.0 Å². The van der Waals surface area contributed by atoms with Crippen LogP contribution < -0.4 is 0 Å². The van der Waals surface area contributed by atoms with E-state index in [1.54, 1.807) is 0 Å². The summed E-state index contributed by atoms with van der Waals surface area (Å²) in [5.74, 6) is 0. The van der Waals surface area contributed by atoms with Crippen LogP contribution in [0.5, 0.6) is 0 Å². The lowest BCUT2D eigenvalue weighted by molar-refractivity contribution is 0.257. The van der Waals surface area contributed by atoms with Crippen molar-refractivity contribution >= 4 is 30.4 Å². The second-order valence-electron chi connectivity index (χ2n) is 3.05. The standard InChI is InChI=1S/C8H12N2O2.C3N2O3/c11-7-9-5-3-1-2-4-6-10-8-12;6-1-4-3(8)5-2-7/h1-6H2;. The lowest BCUT2D eigenvalue weighted by Crippen LogP contribution is -1.84. The zero-order chi connectivity index (χ0) is 15.5. The van der Waals surface area contributed by atoms with Gasteiger partial charge in [0.1, 0.15) is 0 Å². The number of carbonyl (C=O) groups excluding carboxylic acids is 5. The molecule has 9 nitrogen and oxygen atoms in total. The molecule has 0 N–H and O–H groups in total. The van der Waals surface area contributed by atoms with Crippen molar-refractivity contribution in [2.45, 2.75) is 25.7 Å². The number of carbonyl (C=O) groups is 1. The quantitative estimate of drug-likeness (QED) is 0.389. The minimum absolute atomic E-state index is 0.556. The van der Waals surface area contributed by atoms with Crippen LogP contribution in [0.25, 0.3) is 0 Å². The van der Waals surface area contributed by atoms with Gasteiger partial charge in [-0.3, -0.25) is 0 Å². The lowest BCUT2D eigenvalue weighted by Gasteiger charge is -1.93. The van der Waals surface area contributed by atoms with E-state index in [0.717, 1.165) is 37.8 Å². The number of isocyanates is 4. The van der Waals surface area contributed by atoms with Crippen molar-refractivity contribution in [3.8, 4) is 0 Å². The highest BCUT2D eigenvalue weighted by molar-refractivity contribution is 5.84. The summed E-state index contributed by atoms with van der Waals surface area (Å²) in [5.41, 5.74) is 0. The third kappa shape index (κ3) is 20.6. The molecule has 9 heteroatoms. The number of unbranched alkanes of at least 4 members (excludes halogenated alkanes) is 3. The van der Waals surface area contributed by atoms with Gasteiger partial charge in [-0.2, -0.15) is 0 Å². The molecule has 0 unspecified atom stereocenters. The second-order valence-corrected chi connectivity index (χ2v) is 3.05. The fourth-order valence-electron chi connectivity index (χ4n) is 0.930. The fraction of sp³-hybridized carbons (Fsp3) is 0.545. The van der Waals surface area contributed by atoms with Crippen molar-refractivity contribution in [3.05, 3.63) is 0 Å². The minimum atomic E-state index is -1.19. The molecular formula is C11H12N4O5. The normalized spacial score (nSPS) is 7.40. The average molecular weight is 280 g/mol. The molecule has 106 valence electrons.